The van der Waals surface area contributed by atoms with Crippen molar-refractivity contribution in [3.8, 4) is 22.6 Å². The molecule has 1 aliphatic heterocycles. The van der Waals surface area contributed by atoms with Gasteiger partial charge in [0.25, 0.3) is 0 Å². The molecular formula is C27H34N4O2. The van der Waals surface area contributed by atoms with Crippen molar-refractivity contribution in [1.82, 2.24) is 15.3 Å². The van der Waals surface area contributed by atoms with Crippen LogP contribution >= 0.6 is 0 Å². The van der Waals surface area contributed by atoms with Gasteiger partial charge in [-0.15, -0.1) is 0 Å². The SMILES string of the molecule is CC1(C)CC(COc2ccc(COc3cccc(-c4cnc(N)nc4)c3)cc2)CC(C)(C)N1. The molecule has 1 aliphatic rings. The quantitative estimate of drug-likeness (QED) is 0.516. The Morgan fingerprint density at radius 3 is 2.21 bits per heavy atom. The molecule has 0 unspecified atom stereocenters. The average molecular weight is 447 g/mol. The number of hydrogen-bond acceptors (Lipinski definition) is 6. The average Bonchev–Trinajstić information content (AvgIpc) is 2.76. The van der Waals surface area contributed by atoms with Gasteiger partial charge in [0.15, 0.2) is 0 Å². The van der Waals surface area contributed by atoms with Gasteiger partial charge in [0.1, 0.15) is 18.1 Å². The molecule has 1 saturated heterocycles. The van der Waals surface area contributed by atoms with Gasteiger partial charge in [0.05, 0.1) is 6.61 Å². The molecular weight excluding hydrogens is 412 g/mol. The number of hydrogen-bond donors (Lipinski definition) is 2. The van der Waals surface area contributed by atoms with Gasteiger partial charge in [-0.25, -0.2) is 9.97 Å². The van der Waals surface area contributed by atoms with E-state index >= 15 is 0 Å². The number of rotatable bonds is 7. The van der Waals surface area contributed by atoms with Crippen molar-refractivity contribution >= 4 is 5.95 Å². The molecule has 1 fully saturated rings. The zero-order valence-corrected chi connectivity index (χ0v) is 20.0. The summed E-state index contributed by atoms with van der Waals surface area (Å²) in [4.78, 5) is 8.11. The maximum atomic E-state index is 6.13. The van der Waals surface area contributed by atoms with Crippen LogP contribution in [0.4, 0.5) is 5.95 Å². The Balaban J connectivity index is 1.30. The van der Waals surface area contributed by atoms with Crippen LogP contribution in [0.5, 0.6) is 11.5 Å². The van der Waals surface area contributed by atoms with Gasteiger partial charge in [-0.2, -0.15) is 0 Å². The topological polar surface area (TPSA) is 82.3 Å². The van der Waals surface area contributed by atoms with Crippen LogP contribution in [0, 0.1) is 5.92 Å². The summed E-state index contributed by atoms with van der Waals surface area (Å²) in [5.41, 5.74) is 8.82. The fourth-order valence-electron chi connectivity index (χ4n) is 4.97. The standard InChI is InChI=1S/C27H34N4O2/c1-26(2)13-20(14-27(3,4)31-26)18-32-23-10-8-19(9-11-23)17-33-24-7-5-6-21(12-24)22-15-29-25(28)30-16-22/h5-12,15-16,20,31H,13-14,17-18H2,1-4H3,(H2,28,29,30). The van der Waals surface area contributed by atoms with Gasteiger partial charge in [-0.1, -0.05) is 24.3 Å². The lowest BCUT2D eigenvalue weighted by Crippen LogP contribution is -2.58. The van der Waals surface area contributed by atoms with E-state index in [4.69, 9.17) is 15.2 Å². The van der Waals surface area contributed by atoms with E-state index < -0.39 is 0 Å². The van der Waals surface area contributed by atoms with Crippen LogP contribution in [0.15, 0.2) is 60.9 Å². The van der Waals surface area contributed by atoms with Crippen LogP contribution in [0.3, 0.4) is 0 Å². The van der Waals surface area contributed by atoms with Gasteiger partial charge in [0, 0.05) is 29.0 Å². The lowest BCUT2D eigenvalue weighted by atomic mass is 9.76. The zero-order chi connectivity index (χ0) is 23.5. The number of nitrogens with one attached hydrogen (secondary N) is 1. The minimum absolute atomic E-state index is 0.134. The van der Waals surface area contributed by atoms with Crippen molar-refractivity contribution < 1.29 is 9.47 Å². The molecule has 0 atom stereocenters. The largest absolute Gasteiger partial charge is 0.493 e. The molecule has 2 aromatic carbocycles. The third kappa shape index (κ3) is 6.45. The Morgan fingerprint density at radius 1 is 0.879 bits per heavy atom. The Labute approximate surface area is 196 Å². The molecule has 1 aromatic heterocycles. The molecule has 0 saturated carbocycles. The Morgan fingerprint density at radius 2 is 1.55 bits per heavy atom. The van der Waals surface area contributed by atoms with Crippen molar-refractivity contribution in [3.05, 3.63) is 66.5 Å². The predicted octanol–water partition coefficient (Wildman–Crippen LogP) is 5.24. The summed E-state index contributed by atoms with van der Waals surface area (Å²) >= 11 is 0. The Hall–Kier alpha value is -3.12. The zero-order valence-electron chi connectivity index (χ0n) is 20.0. The fraction of sp³-hybridized carbons (Fsp3) is 0.407. The maximum Gasteiger partial charge on any atom is 0.219 e. The first-order chi connectivity index (χ1) is 15.7. The number of aromatic nitrogens is 2. The van der Waals surface area contributed by atoms with Crippen LogP contribution in [0.1, 0.15) is 46.1 Å². The molecule has 6 nitrogen and oxygen atoms in total. The number of nitrogen functional groups attached to an aromatic ring is 1. The fourth-order valence-corrected chi connectivity index (χ4v) is 4.97. The van der Waals surface area contributed by atoms with E-state index in [1.807, 2.05) is 36.4 Å². The number of ether oxygens (including phenoxy) is 2. The Bertz CT molecular complexity index is 1050. The van der Waals surface area contributed by atoms with Crippen LogP contribution in [-0.4, -0.2) is 27.7 Å². The van der Waals surface area contributed by atoms with Gasteiger partial charge in [-0.3, -0.25) is 0 Å². The van der Waals surface area contributed by atoms with Gasteiger partial charge in [0.2, 0.25) is 5.95 Å². The first-order valence-electron chi connectivity index (χ1n) is 11.5. The minimum atomic E-state index is 0.134. The van der Waals surface area contributed by atoms with Crippen LogP contribution in [-0.2, 0) is 6.61 Å². The van der Waals surface area contributed by atoms with Crippen molar-refractivity contribution in [3.63, 3.8) is 0 Å². The molecule has 3 N–H and O–H groups in total. The first kappa shape index (κ1) is 23.1. The lowest BCUT2D eigenvalue weighted by Gasteiger charge is -2.46. The van der Waals surface area contributed by atoms with Gasteiger partial charge < -0.3 is 20.5 Å². The summed E-state index contributed by atoms with van der Waals surface area (Å²) in [6, 6.07) is 16.1. The van der Waals surface area contributed by atoms with Crippen molar-refractivity contribution in [2.75, 3.05) is 12.3 Å². The molecule has 4 rings (SSSR count). The second-order valence-corrected chi connectivity index (χ2v) is 10.3. The third-order valence-electron chi connectivity index (χ3n) is 5.93. The highest BCUT2D eigenvalue weighted by atomic mass is 16.5. The molecule has 3 aromatic rings. The number of anilines is 1. The molecule has 0 bridgehead atoms. The highest BCUT2D eigenvalue weighted by Crippen LogP contribution is 2.33. The van der Waals surface area contributed by atoms with E-state index in [1.54, 1.807) is 12.4 Å². The van der Waals surface area contributed by atoms with Crippen molar-refractivity contribution in [2.45, 2.75) is 58.2 Å². The number of piperidine rings is 1. The monoisotopic (exact) mass is 446 g/mol. The maximum absolute atomic E-state index is 6.13. The molecule has 2 heterocycles. The molecule has 33 heavy (non-hydrogen) atoms. The molecule has 174 valence electrons. The van der Waals surface area contributed by atoms with E-state index in [2.05, 4.69) is 55.1 Å². The second kappa shape index (κ2) is 9.40. The second-order valence-electron chi connectivity index (χ2n) is 10.3. The lowest BCUT2D eigenvalue weighted by molar-refractivity contribution is 0.0935. The van der Waals surface area contributed by atoms with Crippen molar-refractivity contribution in [1.29, 1.82) is 0 Å². The molecule has 0 spiro atoms. The normalized spacial score (nSPS) is 17.5. The van der Waals surface area contributed by atoms with Crippen molar-refractivity contribution in [2.24, 2.45) is 5.92 Å². The van der Waals surface area contributed by atoms with E-state index in [1.165, 1.54) is 0 Å². The van der Waals surface area contributed by atoms with Crippen LogP contribution < -0.4 is 20.5 Å². The van der Waals surface area contributed by atoms with E-state index in [9.17, 15) is 0 Å². The summed E-state index contributed by atoms with van der Waals surface area (Å²) in [6.07, 6.45) is 5.66. The smallest absolute Gasteiger partial charge is 0.219 e. The van der Waals surface area contributed by atoms with Crippen LogP contribution in [0.2, 0.25) is 0 Å². The molecule has 6 heteroatoms. The summed E-state index contributed by atoms with van der Waals surface area (Å²) in [5, 5.41) is 3.73. The first-order valence-corrected chi connectivity index (χ1v) is 11.5. The number of nitrogens with two attached hydrogens (primary N) is 1. The number of nitrogens with zero attached hydrogens (tertiary/aromatic N) is 2. The summed E-state index contributed by atoms with van der Waals surface area (Å²) in [7, 11) is 0. The van der Waals surface area contributed by atoms with Crippen LogP contribution in [0.25, 0.3) is 11.1 Å². The van der Waals surface area contributed by atoms with E-state index in [-0.39, 0.29) is 17.0 Å². The molecule has 0 radical (unpaired) electrons. The summed E-state index contributed by atoms with van der Waals surface area (Å²) in [5.74, 6) is 2.50. The summed E-state index contributed by atoms with van der Waals surface area (Å²) in [6.45, 7) is 10.3. The van der Waals surface area contributed by atoms with E-state index in [0.29, 0.717) is 12.5 Å². The highest BCUT2D eigenvalue weighted by molar-refractivity contribution is 5.63. The summed E-state index contributed by atoms with van der Waals surface area (Å²) < 4.78 is 12.1. The van der Waals surface area contributed by atoms with Gasteiger partial charge in [-0.05, 0) is 81.8 Å². The predicted molar refractivity (Wildman–Crippen MR) is 132 cm³/mol. The number of benzene rings is 2. The van der Waals surface area contributed by atoms with Gasteiger partial charge >= 0.3 is 0 Å². The molecule has 0 amide bonds. The highest BCUT2D eigenvalue weighted by Gasteiger charge is 2.37. The third-order valence-corrected chi connectivity index (χ3v) is 5.93. The van der Waals surface area contributed by atoms with E-state index in [0.717, 1.165) is 47.6 Å². The Kier molecular flexibility index (Phi) is 6.56. The molecule has 0 aliphatic carbocycles. The minimum Gasteiger partial charge on any atom is -0.493 e.